The summed E-state index contributed by atoms with van der Waals surface area (Å²) < 4.78 is 9.85. The largest absolute Gasteiger partial charge is 0.486 e. The van der Waals surface area contributed by atoms with Gasteiger partial charge >= 0.3 is 0 Å². The third-order valence-corrected chi connectivity index (χ3v) is 5.91. The Labute approximate surface area is 206 Å². The molecule has 4 aromatic heterocycles. The van der Waals surface area contributed by atoms with E-state index in [1.54, 1.807) is 18.3 Å². The van der Waals surface area contributed by atoms with Crippen molar-refractivity contribution in [2.75, 3.05) is 5.32 Å². The average Bonchev–Trinajstić information content (AvgIpc) is 3.53. The van der Waals surface area contributed by atoms with Crippen molar-refractivity contribution in [1.29, 1.82) is 0 Å². The lowest BCUT2D eigenvalue weighted by Crippen LogP contribution is -2.13. The van der Waals surface area contributed by atoms with E-state index >= 15 is 0 Å². The number of rotatable bonds is 6. The first-order valence-electron chi connectivity index (χ1n) is 11.5. The Morgan fingerprint density at radius 3 is 2.58 bits per heavy atom. The molecule has 8 heteroatoms. The van der Waals surface area contributed by atoms with Gasteiger partial charge in [0.15, 0.2) is 0 Å². The zero-order valence-electron chi connectivity index (χ0n) is 19.5. The Bertz CT molecular complexity index is 1670. The van der Waals surface area contributed by atoms with Gasteiger partial charge in [0.25, 0.3) is 5.91 Å². The number of hydrogen-bond donors (Lipinski definition) is 1. The molecular weight excluding hydrogens is 452 g/mol. The monoisotopic (exact) mass is 474 g/mol. The van der Waals surface area contributed by atoms with Crippen LogP contribution in [-0.4, -0.2) is 29.7 Å². The third-order valence-electron chi connectivity index (χ3n) is 5.91. The fourth-order valence-electron chi connectivity index (χ4n) is 4.10. The Balaban J connectivity index is 1.16. The van der Waals surface area contributed by atoms with Crippen molar-refractivity contribution in [2.24, 2.45) is 0 Å². The SMILES string of the molecule is Cc1cccn2cc(COc3ccccc3C(=O)Nc3ccc(-c4cn5cccnc5n4)cc3)nc12. The van der Waals surface area contributed by atoms with Gasteiger partial charge in [-0.15, -0.1) is 0 Å². The number of benzene rings is 2. The molecule has 0 radical (unpaired) electrons. The molecule has 4 heterocycles. The summed E-state index contributed by atoms with van der Waals surface area (Å²) >= 11 is 0. The number of pyridine rings is 1. The van der Waals surface area contributed by atoms with Crippen LogP contribution in [0, 0.1) is 6.92 Å². The minimum absolute atomic E-state index is 0.249. The van der Waals surface area contributed by atoms with Crippen LogP contribution in [0.4, 0.5) is 5.69 Å². The number of fused-ring (bicyclic) bond motifs is 2. The van der Waals surface area contributed by atoms with E-state index in [1.807, 2.05) is 95.1 Å². The van der Waals surface area contributed by atoms with Crippen LogP contribution in [0.25, 0.3) is 22.7 Å². The normalized spacial score (nSPS) is 11.1. The Morgan fingerprint density at radius 2 is 1.75 bits per heavy atom. The van der Waals surface area contributed by atoms with Gasteiger partial charge in [-0.05, 0) is 48.9 Å². The molecule has 36 heavy (non-hydrogen) atoms. The number of hydrogen-bond acceptors (Lipinski definition) is 5. The van der Waals surface area contributed by atoms with Crippen LogP contribution >= 0.6 is 0 Å². The number of para-hydroxylation sites is 1. The van der Waals surface area contributed by atoms with Crippen LogP contribution in [0.15, 0.2) is 97.7 Å². The molecule has 176 valence electrons. The molecule has 0 saturated carbocycles. The minimum atomic E-state index is -0.249. The quantitative estimate of drug-likeness (QED) is 0.359. The lowest BCUT2D eigenvalue weighted by molar-refractivity contribution is 0.102. The zero-order chi connectivity index (χ0) is 24.5. The van der Waals surface area contributed by atoms with Crippen molar-refractivity contribution in [3.05, 3.63) is 115 Å². The van der Waals surface area contributed by atoms with Gasteiger partial charge in [-0.25, -0.2) is 15.0 Å². The van der Waals surface area contributed by atoms with Crippen LogP contribution in [0.2, 0.25) is 0 Å². The summed E-state index contributed by atoms with van der Waals surface area (Å²) in [6.07, 6.45) is 9.44. The topological polar surface area (TPSA) is 85.8 Å². The summed E-state index contributed by atoms with van der Waals surface area (Å²) in [4.78, 5) is 26.5. The second kappa shape index (κ2) is 8.99. The average molecular weight is 475 g/mol. The Hall–Kier alpha value is -4.98. The van der Waals surface area contributed by atoms with Crippen LogP contribution in [0.3, 0.4) is 0 Å². The first-order valence-corrected chi connectivity index (χ1v) is 11.5. The summed E-state index contributed by atoms with van der Waals surface area (Å²) in [7, 11) is 0. The number of carbonyl (C=O) groups excluding carboxylic acids is 1. The molecule has 0 atom stereocenters. The summed E-state index contributed by atoms with van der Waals surface area (Å²) in [5, 5.41) is 2.95. The second-order valence-corrected chi connectivity index (χ2v) is 8.42. The van der Waals surface area contributed by atoms with Gasteiger partial charge in [-0.3, -0.25) is 9.20 Å². The van der Waals surface area contributed by atoms with E-state index in [4.69, 9.17) is 4.74 Å². The van der Waals surface area contributed by atoms with Crippen LogP contribution in [-0.2, 0) is 6.61 Å². The van der Waals surface area contributed by atoms with E-state index in [0.717, 1.165) is 28.2 Å². The third kappa shape index (κ3) is 4.16. The summed E-state index contributed by atoms with van der Waals surface area (Å²) in [6.45, 7) is 2.28. The van der Waals surface area contributed by atoms with E-state index in [9.17, 15) is 4.79 Å². The van der Waals surface area contributed by atoms with E-state index < -0.39 is 0 Å². The highest BCUT2D eigenvalue weighted by molar-refractivity contribution is 6.06. The van der Waals surface area contributed by atoms with Gasteiger partial charge in [0.05, 0.1) is 17.0 Å². The number of carbonyl (C=O) groups is 1. The number of aryl methyl sites for hydroxylation is 1. The molecular formula is C28H22N6O2. The number of amides is 1. The molecule has 0 fully saturated rings. The molecule has 0 unspecified atom stereocenters. The van der Waals surface area contributed by atoms with E-state index in [2.05, 4.69) is 20.3 Å². The first kappa shape index (κ1) is 21.5. The van der Waals surface area contributed by atoms with Crippen molar-refractivity contribution in [3.8, 4) is 17.0 Å². The molecule has 0 aliphatic heterocycles. The second-order valence-electron chi connectivity index (χ2n) is 8.42. The van der Waals surface area contributed by atoms with Crippen LogP contribution in [0.1, 0.15) is 21.6 Å². The first-order chi connectivity index (χ1) is 17.6. The zero-order valence-corrected chi connectivity index (χ0v) is 19.5. The van der Waals surface area contributed by atoms with E-state index in [0.29, 0.717) is 22.8 Å². The molecule has 1 N–H and O–H groups in total. The van der Waals surface area contributed by atoms with Gasteiger partial charge < -0.3 is 14.5 Å². The van der Waals surface area contributed by atoms with Crippen molar-refractivity contribution in [3.63, 3.8) is 0 Å². The molecule has 0 aliphatic carbocycles. The molecule has 0 aliphatic rings. The molecule has 0 spiro atoms. The Morgan fingerprint density at radius 1 is 0.917 bits per heavy atom. The predicted molar refractivity (Wildman–Crippen MR) is 137 cm³/mol. The maximum atomic E-state index is 13.1. The maximum Gasteiger partial charge on any atom is 0.259 e. The maximum absolute atomic E-state index is 13.1. The molecule has 6 aromatic rings. The predicted octanol–water partition coefficient (Wildman–Crippen LogP) is 5.18. The summed E-state index contributed by atoms with van der Waals surface area (Å²) in [6, 6.07) is 20.6. The van der Waals surface area contributed by atoms with Crippen molar-refractivity contribution in [1.82, 2.24) is 23.8 Å². The lowest BCUT2D eigenvalue weighted by Gasteiger charge is -2.11. The molecule has 6 rings (SSSR count). The van der Waals surface area contributed by atoms with Crippen molar-refractivity contribution >= 4 is 23.0 Å². The molecule has 2 aromatic carbocycles. The van der Waals surface area contributed by atoms with Crippen molar-refractivity contribution < 1.29 is 9.53 Å². The number of ether oxygens (including phenoxy) is 1. The fraction of sp³-hybridized carbons (Fsp3) is 0.0714. The molecule has 0 bridgehead atoms. The highest BCUT2D eigenvalue weighted by Gasteiger charge is 2.14. The van der Waals surface area contributed by atoms with Gasteiger partial charge in [0, 0.05) is 42.2 Å². The standard InChI is InChI=1S/C28H22N6O2/c1-19-6-4-14-33-16-22(30-26(19)33)18-36-25-8-3-2-7-23(25)27(35)31-21-11-9-20(10-12-21)24-17-34-15-5-13-29-28(34)32-24/h2-17H,18H2,1H3,(H,31,35). The van der Waals surface area contributed by atoms with Gasteiger partial charge in [0.2, 0.25) is 5.78 Å². The Kier molecular flexibility index (Phi) is 5.38. The number of aromatic nitrogens is 5. The number of nitrogens with one attached hydrogen (secondary N) is 1. The number of anilines is 1. The van der Waals surface area contributed by atoms with Crippen molar-refractivity contribution in [2.45, 2.75) is 13.5 Å². The molecule has 0 saturated heterocycles. The highest BCUT2D eigenvalue weighted by atomic mass is 16.5. The van der Waals surface area contributed by atoms with E-state index in [1.165, 1.54) is 0 Å². The van der Waals surface area contributed by atoms with Crippen LogP contribution < -0.4 is 10.1 Å². The molecule has 1 amide bonds. The minimum Gasteiger partial charge on any atom is -0.486 e. The smallest absolute Gasteiger partial charge is 0.259 e. The summed E-state index contributed by atoms with van der Waals surface area (Å²) in [5.41, 5.74) is 5.65. The van der Waals surface area contributed by atoms with E-state index in [-0.39, 0.29) is 12.5 Å². The lowest BCUT2D eigenvalue weighted by atomic mass is 10.1. The van der Waals surface area contributed by atoms with Gasteiger partial charge in [0.1, 0.15) is 18.0 Å². The molecule has 8 nitrogen and oxygen atoms in total. The summed E-state index contributed by atoms with van der Waals surface area (Å²) in [5.74, 6) is 0.888. The number of imidazole rings is 2. The van der Waals surface area contributed by atoms with Gasteiger partial charge in [-0.2, -0.15) is 0 Å². The van der Waals surface area contributed by atoms with Crippen LogP contribution in [0.5, 0.6) is 5.75 Å². The number of nitrogens with zero attached hydrogens (tertiary/aromatic N) is 5. The fourth-order valence-corrected chi connectivity index (χ4v) is 4.10. The van der Waals surface area contributed by atoms with Gasteiger partial charge in [-0.1, -0.05) is 30.3 Å². The highest BCUT2D eigenvalue weighted by Crippen LogP contribution is 2.24.